The van der Waals surface area contributed by atoms with Gasteiger partial charge in [-0.25, -0.2) is 4.79 Å². The first kappa shape index (κ1) is 19.1. The zero-order valence-corrected chi connectivity index (χ0v) is 15.1. The molecule has 136 valence electrons. The maximum absolute atomic E-state index is 11.9. The van der Waals surface area contributed by atoms with E-state index in [-0.39, 0.29) is 5.91 Å². The van der Waals surface area contributed by atoms with Crippen molar-refractivity contribution in [3.63, 3.8) is 0 Å². The number of hydrogen-bond acceptors (Lipinski definition) is 5. The number of hydrogen-bond donors (Lipinski definition) is 1. The van der Waals surface area contributed by atoms with Crippen LogP contribution in [0.3, 0.4) is 0 Å². The van der Waals surface area contributed by atoms with E-state index >= 15 is 0 Å². The monoisotopic (exact) mass is 367 g/mol. The van der Waals surface area contributed by atoms with Crippen LogP contribution in [0.5, 0.6) is 11.5 Å². The summed E-state index contributed by atoms with van der Waals surface area (Å²) in [6.45, 7) is 5.11. The number of fused-ring (bicyclic) bond motifs is 1. The third-order valence-electron chi connectivity index (χ3n) is 3.45. The number of halogens is 1. The van der Waals surface area contributed by atoms with E-state index in [1.807, 2.05) is 6.92 Å². The second-order valence-electron chi connectivity index (χ2n) is 5.58. The van der Waals surface area contributed by atoms with Crippen LogP contribution in [0.15, 0.2) is 18.2 Å². The van der Waals surface area contributed by atoms with Gasteiger partial charge in [0.2, 0.25) is 0 Å². The van der Waals surface area contributed by atoms with Crippen LogP contribution < -0.4 is 14.8 Å². The maximum atomic E-state index is 11.9. The summed E-state index contributed by atoms with van der Waals surface area (Å²) in [5.41, 5.74) is 0.675. The second-order valence-corrected chi connectivity index (χ2v) is 5.99. The Labute approximate surface area is 152 Å². The molecule has 25 heavy (non-hydrogen) atoms. The van der Waals surface area contributed by atoms with Crippen molar-refractivity contribution in [2.45, 2.75) is 32.8 Å². The van der Waals surface area contributed by atoms with E-state index in [0.29, 0.717) is 41.8 Å². The Balaban J connectivity index is 1.99. The minimum Gasteiger partial charge on any atom is -0.489 e. The molecule has 0 fully saturated rings. The highest BCUT2D eigenvalue weighted by atomic mass is 35.5. The van der Waals surface area contributed by atoms with Crippen molar-refractivity contribution in [3.8, 4) is 11.5 Å². The molecule has 0 aliphatic carbocycles. The van der Waals surface area contributed by atoms with Crippen LogP contribution in [-0.2, 0) is 14.3 Å². The quantitative estimate of drug-likeness (QED) is 0.618. The summed E-state index contributed by atoms with van der Waals surface area (Å²) in [6.07, 6.45) is 3.55. The Morgan fingerprint density at radius 3 is 2.88 bits per heavy atom. The van der Waals surface area contributed by atoms with Crippen molar-refractivity contribution < 1.29 is 23.8 Å². The van der Waals surface area contributed by atoms with Crippen LogP contribution in [0.25, 0.3) is 6.08 Å². The molecule has 1 aromatic carbocycles. The molecule has 0 spiro atoms. The Kier molecular flexibility index (Phi) is 7.13. The number of esters is 1. The van der Waals surface area contributed by atoms with Gasteiger partial charge >= 0.3 is 5.97 Å². The molecule has 1 heterocycles. The van der Waals surface area contributed by atoms with Crippen LogP contribution in [0.1, 0.15) is 32.3 Å². The number of rotatable bonds is 6. The molecule has 1 atom stereocenters. The van der Waals surface area contributed by atoms with E-state index in [0.717, 1.165) is 12.8 Å². The SMILES string of the molecule is CCCNC(=O)[C@@H](C)OC(=O)/C=C/c1cc(Cl)c2c(c1)OCCCO2. The van der Waals surface area contributed by atoms with E-state index < -0.39 is 12.1 Å². The lowest BCUT2D eigenvalue weighted by molar-refractivity contribution is -0.150. The van der Waals surface area contributed by atoms with Gasteiger partial charge in [0, 0.05) is 19.0 Å². The fourth-order valence-corrected chi connectivity index (χ4v) is 2.44. The molecule has 0 unspecified atom stereocenters. The van der Waals surface area contributed by atoms with Crippen molar-refractivity contribution in [2.75, 3.05) is 19.8 Å². The average Bonchev–Trinajstić information content (AvgIpc) is 2.83. The average molecular weight is 368 g/mol. The summed E-state index contributed by atoms with van der Waals surface area (Å²) in [4.78, 5) is 23.5. The number of carbonyl (C=O) groups is 2. The lowest BCUT2D eigenvalue weighted by Crippen LogP contribution is -2.35. The van der Waals surface area contributed by atoms with Crippen molar-refractivity contribution in [1.29, 1.82) is 0 Å². The highest BCUT2D eigenvalue weighted by molar-refractivity contribution is 6.32. The van der Waals surface area contributed by atoms with Crippen molar-refractivity contribution in [2.24, 2.45) is 0 Å². The topological polar surface area (TPSA) is 73.9 Å². The smallest absolute Gasteiger partial charge is 0.331 e. The Bertz CT molecular complexity index is 659. The van der Waals surface area contributed by atoms with Crippen LogP contribution in [0.2, 0.25) is 5.02 Å². The predicted octanol–water partition coefficient (Wildman–Crippen LogP) is 2.97. The largest absolute Gasteiger partial charge is 0.489 e. The summed E-state index contributed by atoms with van der Waals surface area (Å²) in [5.74, 6) is 0.134. The zero-order chi connectivity index (χ0) is 18.2. The molecule has 2 rings (SSSR count). The first-order valence-electron chi connectivity index (χ1n) is 8.26. The first-order valence-corrected chi connectivity index (χ1v) is 8.64. The van der Waals surface area contributed by atoms with Crippen molar-refractivity contribution in [3.05, 3.63) is 28.8 Å². The van der Waals surface area contributed by atoms with Crippen LogP contribution in [0.4, 0.5) is 0 Å². The molecule has 7 heteroatoms. The summed E-state index contributed by atoms with van der Waals surface area (Å²) in [6, 6.07) is 3.42. The minimum absolute atomic E-state index is 0.317. The molecule has 0 radical (unpaired) electrons. The van der Waals surface area contributed by atoms with E-state index in [9.17, 15) is 9.59 Å². The third kappa shape index (κ3) is 5.67. The molecule has 1 N–H and O–H groups in total. The Morgan fingerprint density at radius 1 is 1.36 bits per heavy atom. The fraction of sp³-hybridized carbons (Fsp3) is 0.444. The van der Waals surface area contributed by atoms with Crippen LogP contribution in [-0.4, -0.2) is 37.7 Å². The number of amides is 1. The number of ether oxygens (including phenoxy) is 3. The maximum Gasteiger partial charge on any atom is 0.331 e. The minimum atomic E-state index is -0.851. The number of nitrogens with one attached hydrogen (secondary N) is 1. The molecule has 0 bridgehead atoms. The highest BCUT2D eigenvalue weighted by Crippen LogP contribution is 2.38. The van der Waals surface area contributed by atoms with E-state index in [4.69, 9.17) is 25.8 Å². The Morgan fingerprint density at radius 2 is 2.12 bits per heavy atom. The summed E-state index contributed by atoms with van der Waals surface area (Å²) in [7, 11) is 0. The number of carbonyl (C=O) groups excluding carboxylic acids is 2. The van der Waals surface area contributed by atoms with E-state index in [1.54, 1.807) is 18.2 Å². The van der Waals surface area contributed by atoms with Gasteiger partial charge in [-0.05, 0) is 37.1 Å². The van der Waals surface area contributed by atoms with Gasteiger partial charge < -0.3 is 19.5 Å². The summed E-state index contributed by atoms with van der Waals surface area (Å²) in [5, 5.41) is 3.09. The standard InChI is InChI=1S/C18H22ClNO5/c1-3-7-20-18(22)12(2)25-16(21)6-5-13-10-14(19)17-15(11-13)23-8-4-9-24-17/h5-6,10-12H,3-4,7-9H2,1-2H3,(H,20,22)/b6-5+/t12-/m1/s1. The molecule has 1 amide bonds. The molecule has 0 saturated heterocycles. The highest BCUT2D eigenvalue weighted by Gasteiger charge is 2.17. The van der Waals surface area contributed by atoms with Crippen molar-refractivity contribution >= 4 is 29.6 Å². The molecule has 0 aromatic heterocycles. The van der Waals surface area contributed by atoms with Gasteiger partial charge in [0.1, 0.15) is 0 Å². The second kappa shape index (κ2) is 9.32. The van der Waals surface area contributed by atoms with Gasteiger partial charge in [-0.3, -0.25) is 4.79 Å². The van der Waals surface area contributed by atoms with Crippen LogP contribution >= 0.6 is 11.6 Å². The normalized spacial score (nSPS) is 14.7. The molecule has 1 aliphatic rings. The zero-order valence-electron chi connectivity index (χ0n) is 14.3. The van der Waals surface area contributed by atoms with Gasteiger partial charge in [-0.15, -0.1) is 0 Å². The third-order valence-corrected chi connectivity index (χ3v) is 3.73. The lowest BCUT2D eigenvalue weighted by atomic mass is 10.2. The molecule has 1 aliphatic heterocycles. The van der Waals surface area contributed by atoms with E-state index in [1.165, 1.54) is 13.0 Å². The van der Waals surface area contributed by atoms with Crippen molar-refractivity contribution in [1.82, 2.24) is 5.32 Å². The van der Waals surface area contributed by atoms with Gasteiger partial charge in [0.25, 0.3) is 5.91 Å². The van der Waals surface area contributed by atoms with Gasteiger partial charge in [0.05, 0.1) is 18.2 Å². The molecule has 0 saturated carbocycles. The van der Waals surface area contributed by atoms with E-state index in [2.05, 4.69) is 5.32 Å². The fourth-order valence-electron chi connectivity index (χ4n) is 2.17. The molecule has 6 nitrogen and oxygen atoms in total. The van der Waals surface area contributed by atoms with Gasteiger partial charge in [0.15, 0.2) is 17.6 Å². The molecular formula is C18H22ClNO5. The Hall–Kier alpha value is -2.21. The first-order chi connectivity index (χ1) is 12.0. The summed E-state index contributed by atoms with van der Waals surface area (Å²) >= 11 is 6.20. The van der Waals surface area contributed by atoms with Gasteiger partial charge in [-0.1, -0.05) is 18.5 Å². The van der Waals surface area contributed by atoms with Gasteiger partial charge in [-0.2, -0.15) is 0 Å². The number of benzene rings is 1. The predicted molar refractivity (Wildman–Crippen MR) is 94.9 cm³/mol. The molecular weight excluding hydrogens is 346 g/mol. The summed E-state index contributed by atoms with van der Waals surface area (Å²) < 4.78 is 16.2. The lowest BCUT2D eigenvalue weighted by Gasteiger charge is -2.12. The molecule has 1 aromatic rings. The van der Waals surface area contributed by atoms with Crippen LogP contribution in [0, 0.1) is 0 Å².